The van der Waals surface area contributed by atoms with Gasteiger partial charge in [0.15, 0.2) is 0 Å². The van der Waals surface area contributed by atoms with E-state index in [0.717, 1.165) is 41.2 Å². The topological polar surface area (TPSA) is 72.5 Å². The van der Waals surface area contributed by atoms with E-state index < -0.39 is 17.8 Å². The lowest BCUT2D eigenvalue weighted by atomic mass is 10.2. The highest BCUT2D eigenvalue weighted by molar-refractivity contribution is 5.43. The maximum atomic E-state index is 13.0. The molecule has 0 atom stereocenters. The van der Waals surface area contributed by atoms with Gasteiger partial charge in [0.2, 0.25) is 5.88 Å². The van der Waals surface area contributed by atoms with Crippen molar-refractivity contribution in [3.63, 3.8) is 0 Å². The monoisotopic (exact) mass is 436 g/mol. The quantitative estimate of drug-likeness (QED) is 0.609. The molecule has 1 aromatic carbocycles. The third-order valence-corrected chi connectivity index (χ3v) is 4.93. The number of hydrogen-bond donors (Lipinski definition) is 1. The van der Waals surface area contributed by atoms with Crippen molar-refractivity contribution in [1.29, 1.82) is 0 Å². The molecule has 3 rings (SSSR count). The van der Waals surface area contributed by atoms with Crippen molar-refractivity contribution in [2.45, 2.75) is 33.7 Å². The highest BCUT2D eigenvalue weighted by Crippen LogP contribution is 2.26. The highest BCUT2D eigenvalue weighted by atomic mass is 19.4. The molecule has 0 unspecified atom stereocenters. The summed E-state index contributed by atoms with van der Waals surface area (Å²) in [7, 11) is 0. The lowest BCUT2D eigenvalue weighted by Gasteiger charge is -2.20. The van der Waals surface area contributed by atoms with Crippen molar-refractivity contribution < 1.29 is 23.0 Å². The number of anilines is 1. The first-order chi connectivity index (χ1) is 14.6. The Balaban J connectivity index is 1.93. The van der Waals surface area contributed by atoms with Crippen LogP contribution >= 0.6 is 0 Å². The molecule has 0 aliphatic heterocycles. The molecule has 31 heavy (non-hydrogen) atoms. The molecule has 0 spiro atoms. The predicted molar refractivity (Wildman–Crippen MR) is 110 cm³/mol. The molecule has 166 valence electrons. The molecule has 0 radical (unpaired) electrons. The molecule has 3 aromatic rings. The van der Waals surface area contributed by atoms with Gasteiger partial charge in [-0.25, -0.2) is 14.3 Å². The van der Waals surface area contributed by atoms with Gasteiger partial charge >= 0.3 is 12.1 Å². The number of ether oxygens (including phenoxy) is 1. The van der Waals surface area contributed by atoms with E-state index in [4.69, 9.17) is 0 Å². The van der Waals surface area contributed by atoms with E-state index in [-0.39, 0.29) is 18.1 Å². The zero-order chi connectivity index (χ0) is 22.8. The summed E-state index contributed by atoms with van der Waals surface area (Å²) in [6.07, 6.45) is -3.14. The lowest BCUT2D eigenvalue weighted by Crippen LogP contribution is -2.25. The molecule has 10 heteroatoms. The number of aromatic hydroxyl groups is 1. The number of benzene rings is 1. The van der Waals surface area contributed by atoms with Crippen LogP contribution in [0.3, 0.4) is 0 Å². The fourth-order valence-electron chi connectivity index (χ4n) is 3.32. The Morgan fingerprint density at radius 2 is 1.77 bits per heavy atom. The molecule has 0 saturated heterocycles. The third-order valence-electron chi connectivity index (χ3n) is 4.93. The lowest BCUT2D eigenvalue weighted by molar-refractivity contribution is -0.274. The summed E-state index contributed by atoms with van der Waals surface area (Å²) in [6, 6.07) is 8.39. The van der Waals surface area contributed by atoms with Crippen LogP contribution in [0.5, 0.6) is 11.6 Å². The summed E-state index contributed by atoms with van der Waals surface area (Å²) in [5, 5.41) is 10.5. The van der Waals surface area contributed by atoms with E-state index >= 15 is 0 Å². The maximum absolute atomic E-state index is 13.0. The van der Waals surface area contributed by atoms with Crippen LogP contribution in [0.25, 0.3) is 5.69 Å². The van der Waals surface area contributed by atoms with E-state index in [2.05, 4.69) is 14.6 Å². The second-order valence-electron chi connectivity index (χ2n) is 6.85. The van der Waals surface area contributed by atoms with Crippen LogP contribution in [-0.4, -0.2) is 38.7 Å². The van der Waals surface area contributed by atoms with Gasteiger partial charge in [-0.15, -0.1) is 13.2 Å². The van der Waals surface area contributed by atoms with E-state index in [0.29, 0.717) is 5.69 Å². The number of hydrogen-bond acceptors (Lipinski definition) is 5. The summed E-state index contributed by atoms with van der Waals surface area (Å²) < 4.78 is 43.3. The van der Waals surface area contributed by atoms with Crippen LogP contribution in [0, 0.1) is 6.92 Å². The molecule has 7 nitrogen and oxygen atoms in total. The zero-order valence-electron chi connectivity index (χ0n) is 17.3. The standard InChI is InChI=1S/C21H23F3N4O3/c1-4-26(5-2)18-12-15(10-11-25-18)13-27-14(3)19(29)28(20(27)30)16-6-8-17(9-7-16)31-21(22,23)24/h6-12,29H,4-5,13H2,1-3H3. The van der Waals surface area contributed by atoms with Crippen molar-refractivity contribution in [3.8, 4) is 17.3 Å². The van der Waals surface area contributed by atoms with Crippen molar-refractivity contribution in [2.75, 3.05) is 18.0 Å². The number of aromatic nitrogens is 3. The average Bonchev–Trinajstić information content (AvgIpc) is 2.92. The van der Waals surface area contributed by atoms with Gasteiger partial charge in [-0.1, -0.05) is 0 Å². The highest BCUT2D eigenvalue weighted by Gasteiger charge is 2.31. The molecule has 2 aromatic heterocycles. The molecule has 0 aliphatic rings. The third kappa shape index (κ3) is 4.84. The molecule has 0 bridgehead atoms. The molecule has 0 amide bonds. The smallest absolute Gasteiger partial charge is 0.493 e. The van der Waals surface area contributed by atoms with E-state index in [1.165, 1.54) is 16.7 Å². The first-order valence-electron chi connectivity index (χ1n) is 9.71. The Hall–Kier alpha value is -3.43. The fraction of sp³-hybridized carbons (Fsp3) is 0.333. The van der Waals surface area contributed by atoms with Gasteiger partial charge in [-0.05, 0) is 62.7 Å². The number of alkyl halides is 3. The SMILES string of the molecule is CCN(CC)c1cc(Cn2c(C)c(O)n(-c3ccc(OC(F)(F)F)cc3)c2=O)ccn1. The molecular formula is C21H23F3N4O3. The van der Waals surface area contributed by atoms with Crippen LogP contribution in [0.1, 0.15) is 25.1 Å². The van der Waals surface area contributed by atoms with Gasteiger partial charge in [0, 0.05) is 19.3 Å². The molecule has 0 fully saturated rings. The van der Waals surface area contributed by atoms with E-state index in [1.54, 1.807) is 19.2 Å². The minimum atomic E-state index is -4.81. The Morgan fingerprint density at radius 3 is 2.35 bits per heavy atom. The van der Waals surface area contributed by atoms with Crippen LogP contribution in [0.2, 0.25) is 0 Å². The van der Waals surface area contributed by atoms with Crippen LogP contribution in [0.4, 0.5) is 19.0 Å². The average molecular weight is 436 g/mol. The summed E-state index contributed by atoms with van der Waals surface area (Å²) in [4.78, 5) is 19.4. The minimum Gasteiger partial charge on any atom is -0.493 e. The number of halogens is 3. The van der Waals surface area contributed by atoms with E-state index in [1.807, 2.05) is 19.9 Å². The summed E-state index contributed by atoms with van der Waals surface area (Å²) in [6.45, 7) is 7.43. The molecular weight excluding hydrogens is 413 g/mol. The van der Waals surface area contributed by atoms with Crippen LogP contribution in [-0.2, 0) is 6.54 Å². The Morgan fingerprint density at radius 1 is 1.13 bits per heavy atom. The van der Waals surface area contributed by atoms with Crippen molar-refractivity contribution in [2.24, 2.45) is 0 Å². The van der Waals surface area contributed by atoms with Gasteiger partial charge in [0.1, 0.15) is 11.6 Å². The number of rotatable bonds is 7. The van der Waals surface area contributed by atoms with Crippen molar-refractivity contribution in [3.05, 3.63) is 64.3 Å². The molecule has 2 heterocycles. The van der Waals surface area contributed by atoms with Crippen LogP contribution < -0.4 is 15.3 Å². The second-order valence-corrected chi connectivity index (χ2v) is 6.85. The van der Waals surface area contributed by atoms with Gasteiger partial charge in [0.05, 0.1) is 17.9 Å². The molecule has 1 N–H and O–H groups in total. The predicted octanol–water partition coefficient (Wildman–Crippen LogP) is 3.84. The number of nitrogens with zero attached hydrogens (tertiary/aromatic N) is 4. The largest absolute Gasteiger partial charge is 0.573 e. The molecule has 0 saturated carbocycles. The zero-order valence-corrected chi connectivity index (χ0v) is 17.3. The van der Waals surface area contributed by atoms with Gasteiger partial charge in [-0.2, -0.15) is 0 Å². The van der Waals surface area contributed by atoms with Crippen LogP contribution in [0.15, 0.2) is 47.4 Å². The van der Waals surface area contributed by atoms with Crippen molar-refractivity contribution >= 4 is 5.82 Å². The van der Waals surface area contributed by atoms with E-state index in [9.17, 15) is 23.1 Å². The number of imidazole rings is 1. The second kappa shape index (κ2) is 8.75. The summed E-state index contributed by atoms with van der Waals surface area (Å²) >= 11 is 0. The Kier molecular flexibility index (Phi) is 6.28. The van der Waals surface area contributed by atoms with Gasteiger partial charge in [-0.3, -0.25) is 4.57 Å². The maximum Gasteiger partial charge on any atom is 0.573 e. The Bertz CT molecular complexity index is 1100. The Labute approximate surface area is 176 Å². The number of pyridine rings is 1. The van der Waals surface area contributed by atoms with Gasteiger partial charge < -0.3 is 14.7 Å². The van der Waals surface area contributed by atoms with Crippen molar-refractivity contribution in [1.82, 2.24) is 14.1 Å². The summed E-state index contributed by atoms with van der Waals surface area (Å²) in [5.74, 6) is 0.0882. The summed E-state index contributed by atoms with van der Waals surface area (Å²) in [5.41, 5.74) is 0.869. The fourth-order valence-corrected chi connectivity index (χ4v) is 3.32. The van der Waals surface area contributed by atoms with Gasteiger partial charge in [0.25, 0.3) is 0 Å². The minimum absolute atomic E-state index is 0.206. The molecule has 0 aliphatic carbocycles. The first-order valence-corrected chi connectivity index (χ1v) is 9.71. The normalized spacial score (nSPS) is 11.5. The first kappa shape index (κ1) is 22.3.